The summed E-state index contributed by atoms with van der Waals surface area (Å²) in [5.74, 6) is 0. The van der Waals surface area contributed by atoms with Gasteiger partial charge in [0.15, 0.2) is 0 Å². The molecule has 4 N–H and O–H groups in total. The van der Waals surface area contributed by atoms with Crippen LogP contribution in [0.3, 0.4) is 0 Å². The molecule has 22 heavy (non-hydrogen) atoms. The van der Waals surface area contributed by atoms with Gasteiger partial charge in [-0.05, 0) is 12.8 Å². The van der Waals surface area contributed by atoms with Crippen LogP contribution >= 0.6 is 0 Å². The van der Waals surface area contributed by atoms with Crippen molar-refractivity contribution >= 4 is 0 Å². The molecule has 0 amide bonds. The second kappa shape index (κ2) is 16.9. The first-order valence-corrected chi connectivity index (χ1v) is 9.09. The summed E-state index contributed by atoms with van der Waals surface area (Å²) in [5.41, 5.74) is 5.59. The van der Waals surface area contributed by atoms with Crippen LogP contribution in [0.15, 0.2) is 12.2 Å². The van der Waals surface area contributed by atoms with Crippen LogP contribution in [0, 0.1) is 0 Å². The maximum Gasteiger partial charge on any atom is 0.0999 e. The first-order chi connectivity index (χ1) is 10.7. The van der Waals surface area contributed by atoms with E-state index in [0.29, 0.717) is 0 Å². The van der Waals surface area contributed by atoms with E-state index in [4.69, 9.17) is 11.0 Å². The standard InChI is InChI=1S/C18H37NO3/c1-2-3-4-5-6-7-8-9-10-11-12-13-14-15-18(20)17(19)16-22-21/h14-15,17-18,20-21H,2-13,16,19H2,1H3/b15-14+/t17-,18+/m0/s1. The quantitative estimate of drug-likeness (QED) is 0.170. The van der Waals surface area contributed by atoms with Crippen molar-refractivity contribution in [2.24, 2.45) is 5.73 Å². The number of rotatable bonds is 16. The highest BCUT2D eigenvalue weighted by Crippen LogP contribution is 2.12. The highest BCUT2D eigenvalue weighted by atomic mass is 17.1. The molecule has 0 saturated carbocycles. The Hall–Kier alpha value is -0.420. The van der Waals surface area contributed by atoms with Crippen LogP contribution in [0.25, 0.3) is 0 Å². The lowest BCUT2D eigenvalue weighted by Gasteiger charge is -2.12. The lowest BCUT2D eigenvalue weighted by molar-refractivity contribution is -0.247. The van der Waals surface area contributed by atoms with E-state index in [1.165, 1.54) is 64.2 Å². The molecule has 0 aliphatic rings. The fourth-order valence-electron chi connectivity index (χ4n) is 2.49. The second-order valence-electron chi connectivity index (χ2n) is 6.20. The average molecular weight is 315 g/mol. The molecule has 0 spiro atoms. The molecule has 0 aromatic carbocycles. The maximum absolute atomic E-state index is 9.62. The van der Waals surface area contributed by atoms with E-state index in [9.17, 15) is 5.11 Å². The summed E-state index contributed by atoms with van der Waals surface area (Å²) in [6.45, 7) is 2.21. The molecule has 0 heterocycles. The summed E-state index contributed by atoms with van der Waals surface area (Å²) >= 11 is 0. The lowest BCUT2D eigenvalue weighted by atomic mass is 10.0. The summed E-state index contributed by atoms with van der Waals surface area (Å²) in [5, 5.41) is 17.9. The van der Waals surface area contributed by atoms with E-state index in [-0.39, 0.29) is 6.61 Å². The monoisotopic (exact) mass is 315 g/mol. The van der Waals surface area contributed by atoms with Crippen molar-refractivity contribution in [3.8, 4) is 0 Å². The van der Waals surface area contributed by atoms with Gasteiger partial charge in [0.2, 0.25) is 0 Å². The van der Waals surface area contributed by atoms with E-state index < -0.39 is 12.1 Å². The van der Waals surface area contributed by atoms with Crippen molar-refractivity contribution in [3.63, 3.8) is 0 Å². The summed E-state index contributed by atoms with van der Waals surface area (Å²) < 4.78 is 0. The maximum atomic E-state index is 9.62. The molecule has 0 aliphatic carbocycles. The Bertz CT molecular complexity index is 246. The van der Waals surface area contributed by atoms with E-state index in [1.807, 2.05) is 6.08 Å². The largest absolute Gasteiger partial charge is 0.387 e. The van der Waals surface area contributed by atoms with Crippen LogP contribution in [0.4, 0.5) is 0 Å². The molecule has 0 saturated heterocycles. The average Bonchev–Trinajstić information content (AvgIpc) is 2.51. The Morgan fingerprint density at radius 3 is 1.91 bits per heavy atom. The van der Waals surface area contributed by atoms with Crippen molar-refractivity contribution < 1.29 is 15.3 Å². The predicted molar refractivity (Wildman–Crippen MR) is 92.8 cm³/mol. The van der Waals surface area contributed by atoms with Gasteiger partial charge in [-0.15, -0.1) is 0 Å². The molecule has 0 aliphatic heterocycles. The van der Waals surface area contributed by atoms with Crippen LogP contribution in [0.5, 0.6) is 0 Å². The zero-order valence-electron chi connectivity index (χ0n) is 14.4. The Kier molecular flexibility index (Phi) is 16.6. The number of aliphatic hydroxyl groups excluding tert-OH is 1. The van der Waals surface area contributed by atoms with Crippen molar-refractivity contribution in [3.05, 3.63) is 12.2 Å². The first-order valence-electron chi connectivity index (χ1n) is 9.09. The van der Waals surface area contributed by atoms with Gasteiger partial charge in [0, 0.05) is 0 Å². The van der Waals surface area contributed by atoms with Gasteiger partial charge in [-0.2, -0.15) is 0 Å². The van der Waals surface area contributed by atoms with Crippen LogP contribution in [-0.2, 0) is 4.89 Å². The van der Waals surface area contributed by atoms with Gasteiger partial charge in [0.05, 0.1) is 18.8 Å². The van der Waals surface area contributed by atoms with Gasteiger partial charge >= 0.3 is 0 Å². The van der Waals surface area contributed by atoms with Gasteiger partial charge < -0.3 is 10.8 Å². The Morgan fingerprint density at radius 1 is 0.909 bits per heavy atom. The third-order valence-electron chi connectivity index (χ3n) is 4.01. The number of allylic oxidation sites excluding steroid dienone is 1. The molecule has 4 heteroatoms. The van der Waals surface area contributed by atoms with E-state index in [2.05, 4.69) is 11.8 Å². The first kappa shape index (κ1) is 21.6. The normalized spacial score (nSPS) is 14.5. The van der Waals surface area contributed by atoms with E-state index in [1.54, 1.807) is 6.08 Å². The second-order valence-corrected chi connectivity index (χ2v) is 6.20. The zero-order valence-corrected chi connectivity index (χ0v) is 14.4. The number of unbranched alkanes of at least 4 members (excludes halogenated alkanes) is 11. The summed E-state index contributed by atoms with van der Waals surface area (Å²) in [6, 6.07) is -0.571. The smallest absolute Gasteiger partial charge is 0.0999 e. The zero-order chi connectivity index (χ0) is 16.5. The molecule has 132 valence electrons. The minimum absolute atomic E-state index is 0.0516. The topological polar surface area (TPSA) is 75.7 Å². The summed E-state index contributed by atoms with van der Waals surface area (Å²) in [4.78, 5) is 3.92. The summed E-state index contributed by atoms with van der Waals surface area (Å²) in [7, 11) is 0. The molecule has 0 radical (unpaired) electrons. The minimum atomic E-state index is -0.750. The Balaban J connectivity index is 3.26. The molecule has 0 aromatic heterocycles. The van der Waals surface area contributed by atoms with Crippen molar-refractivity contribution in [1.82, 2.24) is 0 Å². The van der Waals surface area contributed by atoms with Gasteiger partial charge in [-0.1, -0.05) is 83.3 Å². The Morgan fingerprint density at radius 2 is 1.41 bits per heavy atom. The molecule has 0 bridgehead atoms. The molecular weight excluding hydrogens is 278 g/mol. The van der Waals surface area contributed by atoms with Crippen molar-refractivity contribution in [2.45, 2.75) is 96.1 Å². The van der Waals surface area contributed by atoms with Crippen molar-refractivity contribution in [2.75, 3.05) is 6.61 Å². The molecular formula is C18H37NO3. The van der Waals surface area contributed by atoms with Crippen molar-refractivity contribution in [1.29, 1.82) is 0 Å². The van der Waals surface area contributed by atoms with Gasteiger partial charge in [0.1, 0.15) is 0 Å². The number of hydrogen-bond donors (Lipinski definition) is 3. The highest BCUT2D eigenvalue weighted by molar-refractivity contribution is 4.93. The van der Waals surface area contributed by atoms with Crippen LogP contribution in [-0.4, -0.2) is 29.1 Å². The van der Waals surface area contributed by atoms with Crippen LogP contribution in [0.1, 0.15) is 84.0 Å². The predicted octanol–water partition coefficient (Wildman–Crippen LogP) is 4.42. The van der Waals surface area contributed by atoms with Gasteiger partial charge in [-0.3, -0.25) is 5.26 Å². The third kappa shape index (κ3) is 14.5. The van der Waals surface area contributed by atoms with Gasteiger partial charge in [0.25, 0.3) is 0 Å². The highest BCUT2D eigenvalue weighted by Gasteiger charge is 2.10. The molecule has 0 aromatic rings. The Labute approximate surface area is 136 Å². The van der Waals surface area contributed by atoms with Crippen LogP contribution < -0.4 is 5.73 Å². The minimum Gasteiger partial charge on any atom is -0.387 e. The van der Waals surface area contributed by atoms with E-state index in [0.717, 1.165) is 12.8 Å². The SMILES string of the molecule is CCCCCCCCCCCCC/C=C/[C@@H](O)[C@@H](N)COO. The molecule has 0 unspecified atom stereocenters. The van der Waals surface area contributed by atoms with E-state index >= 15 is 0 Å². The molecule has 2 atom stereocenters. The van der Waals surface area contributed by atoms with Crippen LogP contribution in [0.2, 0.25) is 0 Å². The lowest BCUT2D eigenvalue weighted by Crippen LogP contribution is -2.37. The fourth-order valence-corrected chi connectivity index (χ4v) is 2.49. The number of nitrogens with two attached hydrogens (primary N) is 1. The van der Waals surface area contributed by atoms with Gasteiger partial charge in [-0.25, -0.2) is 4.89 Å². The molecule has 0 fully saturated rings. The number of aliphatic hydroxyl groups is 1. The molecule has 4 nitrogen and oxygen atoms in total. The molecule has 0 rings (SSSR count). The summed E-state index contributed by atoms with van der Waals surface area (Å²) in [6.07, 6.45) is 18.6. The number of hydrogen-bond acceptors (Lipinski definition) is 4. The third-order valence-corrected chi connectivity index (χ3v) is 4.01. The fraction of sp³-hybridized carbons (Fsp3) is 0.889.